The van der Waals surface area contributed by atoms with Crippen LogP contribution < -0.4 is 14.2 Å². The molecule has 0 spiro atoms. The van der Waals surface area contributed by atoms with Crippen molar-refractivity contribution in [2.75, 3.05) is 19.8 Å². The van der Waals surface area contributed by atoms with E-state index in [2.05, 4.69) is 11.6 Å². The fraction of sp³-hybridized carbons (Fsp3) is 0.280. The third-order valence-electron chi connectivity index (χ3n) is 4.44. The number of carbonyl (C=O) groups is 1. The third kappa shape index (κ3) is 5.98. The molecule has 0 amide bonds. The molecular weight excluding hydrogens is 394 g/mol. The Morgan fingerprint density at radius 2 is 1.77 bits per heavy atom. The Morgan fingerprint density at radius 3 is 2.55 bits per heavy atom. The van der Waals surface area contributed by atoms with Gasteiger partial charge in [0.05, 0.1) is 25.3 Å². The topological polar surface area (TPSA) is 70.8 Å². The number of hydrogen-bond donors (Lipinski definition) is 0. The van der Waals surface area contributed by atoms with E-state index >= 15 is 0 Å². The molecule has 1 aromatic heterocycles. The molecule has 0 aliphatic heterocycles. The van der Waals surface area contributed by atoms with E-state index in [-0.39, 0.29) is 18.6 Å². The minimum Gasteiger partial charge on any atom is -0.490 e. The highest BCUT2D eigenvalue weighted by Crippen LogP contribution is 2.32. The van der Waals surface area contributed by atoms with E-state index < -0.39 is 0 Å². The molecule has 162 valence electrons. The predicted molar refractivity (Wildman–Crippen MR) is 119 cm³/mol. The molecular formula is C25H27NO5. The van der Waals surface area contributed by atoms with Crippen LogP contribution in [0, 0.1) is 0 Å². The molecule has 0 radical (unpaired) electrons. The molecule has 3 aromatic rings. The van der Waals surface area contributed by atoms with Crippen molar-refractivity contribution in [2.24, 2.45) is 0 Å². The highest BCUT2D eigenvalue weighted by molar-refractivity contribution is 5.83. The van der Waals surface area contributed by atoms with Gasteiger partial charge in [0.2, 0.25) is 5.89 Å². The van der Waals surface area contributed by atoms with Gasteiger partial charge in [-0.25, -0.2) is 4.98 Å². The van der Waals surface area contributed by atoms with Crippen LogP contribution in [0.1, 0.15) is 25.1 Å². The quantitative estimate of drug-likeness (QED) is 0.381. The van der Waals surface area contributed by atoms with E-state index in [4.69, 9.17) is 18.6 Å². The molecule has 1 heterocycles. The van der Waals surface area contributed by atoms with Gasteiger partial charge in [-0.2, -0.15) is 0 Å². The van der Waals surface area contributed by atoms with E-state index in [1.165, 1.54) is 6.26 Å². The summed E-state index contributed by atoms with van der Waals surface area (Å²) >= 11 is 0. The highest BCUT2D eigenvalue weighted by Gasteiger charge is 2.15. The fourth-order valence-corrected chi connectivity index (χ4v) is 3.12. The van der Waals surface area contributed by atoms with Crippen LogP contribution in [0.5, 0.6) is 17.2 Å². The molecule has 6 nitrogen and oxygen atoms in total. The number of carbonyl (C=O) groups excluding carboxylic acids is 1. The molecule has 0 fully saturated rings. The lowest BCUT2D eigenvalue weighted by atomic mass is 10.1. The summed E-state index contributed by atoms with van der Waals surface area (Å²) in [6, 6.07) is 13.0. The van der Waals surface area contributed by atoms with Gasteiger partial charge in [0.1, 0.15) is 24.4 Å². The van der Waals surface area contributed by atoms with Gasteiger partial charge in [0, 0.05) is 17.5 Å². The Labute approximate surface area is 182 Å². The van der Waals surface area contributed by atoms with Gasteiger partial charge in [0.15, 0.2) is 11.5 Å². The largest absolute Gasteiger partial charge is 0.490 e. The first-order valence-electron chi connectivity index (χ1n) is 10.3. The zero-order valence-corrected chi connectivity index (χ0v) is 17.9. The lowest BCUT2D eigenvalue weighted by Gasteiger charge is -2.11. The second-order valence-corrected chi connectivity index (χ2v) is 6.77. The molecule has 2 aromatic carbocycles. The summed E-state index contributed by atoms with van der Waals surface area (Å²) in [5, 5.41) is 0. The first-order chi connectivity index (χ1) is 15.1. The van der Waals surface area contributed by atoms with E-state index in [0.717, 1.165) is 11.1 Å². The van der Waals surface area contributed by atoms with Crippen LogP contribution in [0.3, 0.4) is 0 Å². The summed E-state index contributed by atoms with van der Waals surface area (Å²) in [4.78, 5) is 17.1. The Bertz CT molecular complexity index is 1020. The van der Waals surface area contributed by atoms with Gasteiger partial charge >= 0.3 is 0 Å². The standard InChI is InChI=1S/C25H27NO5/c1-4-13-30-22-10-8-7-9-18(22)14-21(27)16-20-17-31-25(26-20)19-11-12-23(28-5-2)24(15-19)29-6-3/h4,7-12,15,17H,1,5-6,13-14,16H2,2-3H3. The lowest BCUT2D eigenvalue weighted by Crippen LogP contribution is -2.08. The van der Waals surface area contributed by atoms with Crippen molar-refractivity contribution in [3.8, 4) is 28.7 Å². The molecule has 0 aliphatic rings. The van der Waals surface area contributed by atoms with Crippen LogP contribution in [0.25, 0.3) is 11.5 Å². The van der Waals surface area contributed by atoms with E-state index in [0.29, 0.717) is 48.7 Å². The number of benzene rings is 2. The Hall–Kier alpha value is -3.54. The summed E-state index contributed by atoms with van der Waals surface area (Å²) < 4.78 is 22.5. The number of para-hydroxylation sites is 1. The smallest absolute Gasteiger partial charge is 0.226 e. The Kier molecular flexibility index (Phi) is 7.87. The zero-order chi connectivity index (χ0) is 22.1. The minimum absolute atomic E-state index is 0.0243. The first kappa shape index (κ1) is 22.2. The lowest BCUT2D eigenvalue weighted by molar-refractivity contribution is -0.117. The van der Waals surface area contributed by atoms with Crippen molar-refractivity contribution >= 4 is 5.78 Å². The Morgan fingerprint density at radius 1 is 1.00 bits per heavy atom. The first-order valence-corrected chi connectivity index (χ1v) is 10.3. The predicted octanol–water partition coefficient (Wildman–Crippen LogP) is 5.06. The number of ketones is 1. The van der Waals surface area contributed by atoms with Crippen LogP contribution >= 0.6 is 0 Å². The number of aromatic nitrogens is 1. The van der Waals surface area contributed by atoms with E-state index in [1.54, 1.807) is 6.08 Å². The molecule has 3 rings (SSSR count). The molecule has 0 N–H and O–H groups in total. The SMILES string of the molecule is C=CCOc1ccccc1CC(=O)Cc1coc(-c2ccc(OCC)c(OCC)c2)n1. The third-order valence-corrected chi connectivity index (χ3v) is 4.44. The van der Waals surface area contributed by atoms with Crippen molar-refractivity contribution in [1.82, 2.24) is 4.98 Å². The summed E-state index contributed by atoms with van der Waals surface area (Å²) in [5.41, 5.74) is 2.18. The van der Waals surface area contributed by atoms with Gasteiger partial charge in [-0.05, 0) is 38.1 Å². The maximum atomic E-state index is 12.6. The maximum absolute atomic E-state index is 12.6. The van der Waals surface area contributed by atoms with Gasteiger partial charge in [-0.15, -0.1) is 0 Å². The molecule has 6 heteroatoms. The number of hydrogen-bond acceptors (Lipinski definition) is 6. The number of rotatable bonds is 12. The zero-order valence-electron chi connectivity index (χ0n) is 17.9. The van der Waals surface area contributed by atoms with Gasteiger partial charge < -0.3 is 18.6 Å². The molecule has 0 atom stereocenters. The van der Waals surface area contributed by atoms with Gasteiger partial charge in [-0.1, -0.05) is 30.9 Å². The summed E-state index contributed by atoms with van der Waals surface area (Å²) in [7, 11) is 0. The minimum atomic E-state index is 0.0243. The van der Waals surface area contributed by atoms with Crippen LogP contribution in [-0.4, -0.2) is 30.6 Å². The summed E-state index contributed by atoms with van der Waals surface area (Å²) in [6.07, 6.45) is 3.62. The van der Waals surface area contributed by atoms with Gasteiger partial charge in [-0.3, -0.25) is 4.79 Å². The number of Topliss-reactive ketones (excluding diaryl/α,β-unsaturated/α-hetero) is 1. The highest BCUT2D eigenvalue weighted by atomic mass is 16.5. The van der Waals surface area contributed by atoms with Crippen molar-refractivity contribution in [3.63, 3.8) is 0 Å². The molecule has 31 heavy (non-hydrogen) atoms. The maximum Gasteiger partial charge on any atom is 0.226 e. The summed E-state index contributed by atoms with van der Waals surface area (Å²) in [5.74, 6) is 2.45. The average molecular weight is 421 g/mol. The van der Waals surface area contributed by atoms with Crippen LogP contribution in [0.2, 0.25) is 0 Å². The monoisotopic (exact) mass is 421 g/mol. The van der Waals surface area contributed by atoms with Gasteiger partial charge in [0.25, 0.3) is 0 Å². The average Bonchev–Trinajstić information content (AvgIpc) is 3.23. The number of oxazole rings is 1. The van der Waals surface area contributed by atoms with Crippen molar-refractivity contribution in [1.29, 1.82) is 0 Å². The normalized spacial score (nSPS) is 10.5. The summed E-state index contributed by atoms with van der Waals surface area (Å²) in [6.45, 7) is 8.95. The van der Waals surface area contributed by atoms with Crippen LogP contribution in [0.4, 0.5) is 0 Å². The van der Waals surface area contributed by atoms with Crippen molar-refractivity contribution in [3.05, 3.63) is 72.6 Å². The van der Waals surface area contributed by atoms with Crippen LogP contribution in [-0.2, 0) is 17.6 Å². The fourth-order valence-electron chi connectivity index (χ4n) is 3.12. The van der Waals surface area contributed by atoms with Crippen molar-refractivity contribution in [2.45, 2.75) is 26.7 Å². The second-order valence-electron chi connectivity index (χ2n) is 6.77. The molecule has 0 bridgehead atoms. The second kappa shape index (κ2) is 11.0. The van der Waals surface area contributed by atoms with Crippen LogP contribution in [0.15, 0.2) is 65.8 Å². The molecule has 0 saturated heterocycles. The molecule has 0 unspecified atom stereocenters. The molecule has 0 aliphatic carbocycles. The molecule has 0 saturated carbocycles. The number of ether oxygens (including phenoxy) is 3. The van der Waals surface area contributed by atoms with E-state index in [9.17, 15) is 4.79 Å². The number of nitrogens with zero attached hydrogens (tertiary/aromatic N) is 1. The van der Waals surface area contributed by atoms with E-state index in [1.807, 2.05) is 56.3 Å². The Balaban J connectivity index is 1.70. The van der Waals surface area contributed by atoms with Crippen molar-refractivity contribution < 1.29 is 23.4 Å².